The molecule has 0 aliphatic carbocycles. The molecule has 3 N–H and O–H groups in total. The number of hydrogen-bond donors (Lipinski definition) is 2. The average Bonchev–Trinajstić information content (AvgIpc) is 2.61. The lowest BCUT2D eigenvalue weighted by molar-refractivity contribution is 0.214. The first-order valence-corrected chi connectivity index (χ1v) is 4.48. The van der Waals surface area contributed by atoms with Crippen LogP contribution in [0.3, 0.4) is 0 Å². The molecule has 0 aromatic carbocycles. The van der Waals surface area contributed by atoms with Crippen LogP contribution in [0.1, 0.15) is 6.92 Å². The van der Waals surface area contributed by atoms with Crippen LogP contribution in [0, 0.1) is 0 Å². The summed E-state index contributed by atoms with van der Waals surface area (Å²) >= 11 is 0. The summed E-state index contributed by atoms with van der Waals surface area (Å²) < 4.78 is 6.72. The van der Waals surface area contributed by atoms with E-state index < -0.39 is 0 Å². The number of aliphatic hydroxyl groups excluding tert-OH is 1. The van der Waals surface area contributed by atoms with Gasteiger partial charge in [-0.05, 0) is 6.92 Å². The third-order valence-corrected chi connectivity index (χ3v) is 1.88. The van der Waals surface area contributed by atoms with Gasteiger partial charge >= 0.3 is 0 Å². The highest BCUT2D eigenvalue weighted by Crippen LogP contribution is 2.21. The van der Waals surface area contributed by atoms with Gasteiger partial charge in [0.25, 0.3) is 0 Å². The van der Waals surface area contributed by atoms with E-state index in [1.165, 1.54) is 10.9 Å². The van der Waals surface area contributed by atoms with Crippen molar-refractivity contribution in [2.75, 3.05) is 12.3 Å². The molecule has 15 heavy (non-hydrogen) atoms. The van der Waals surface area contributed by atoms with Crippen LogP contribution in [-0.2, 0) is 6.73 Å². The number of nitrogen functional groups attached to an aromatic ring is 1. The Labute approximate surface area is 85.5 Å². The minimum atomic E-state index is -0.210. The molecule has 2 aromatic rings. The third kappa shape index (κ3) is 1.57. The highest BCUT2D eigenvalue weighted by molar-refractivity contribution is 5.77. The second kappa shape index (κ2) is 3.70. The van der Waals surface area contributed by atoms with Crippen molar-refractivity contribution in [1.82, 2.24) is 19.5 Å². The number of nitrogens with zero attached hydrogens (tertiary/aromatic N) is 4. The van der Waals surface area contributed by atoms with Crippen molar-refractivity contribution >= 4 is 17.1 Å². The Balaban J connectivity index is 2.65. The Morgan fingerprint density at radius 2 is 2.33 bits per heavy atom. The normalized spacial score (nSPS) is 10.8. The fourth-order valence-electron chi connectivity index (χ4n) is 1.28. The minimum absolute atomic E-state index is 0.0983. The molecule has 0 aliphatic heterocycles. The Morgan fingerprint density at radius 1 is 1.53 bits per heavy atom. The zero-order chi connectivity index (χ0) is 10.8. The summed E-state index contributed by atoms with van der Waals surface area (Å²) in [5.41, 5.74) is 6.48. The Bertz CT molecular complexity index is 481. The summed E-state index contributed by atoms with van der Waals surface area (Å²) in [6.45, 7) is 2.10. The van der Waals surface area contributed by atoms with Crippen LogP contribution < -0.4 is 10.5 Å². The van der Waals surface area contributed by atoms with Gasteiger partial charge in [-0.15, -0.1) is 0 Å². The first-order chi connectivity index (χ1) is 7.26. The maximum atomic E-state index is 9.02. The van der Waals surface area contributed by atoms with Crippen molar-refractivity contribution in [3.8, 4) is 5.88 Å². The van der Waals surface area contributed by atoms with Crippen LogP contribution in [0.25, 0.3) is 11.2 Å². The predicted octanol–water partition coefficient (Wildman–Crippen LogP) is -0.243. The Morgan fingerprint density at radius 3 is 3.00 bits per heavy atom. The number of anilines is 1. The number of hydrogen-bond acceptors (Lipinski definition) is 6. The van der Waals surface area contributed by atoms with Crippen LogP contribution in [0.5, 0.6) is 5.88 Å². The zero-order valence-corrected chi connectivity index (χ0v) is 8.21. The van der Waals surface area contributed by atoms with Gasteiger partial charge in [0.15, 0.2) is 11.2 Å². The van der Waals surface area contributed by atoms with E-state index in [1.807, 2.05) is 6.92 Å². The molecular formula is C8H11N5O2. The molecule has 2 aromatic heterocycles. The number of aromatic nitrogens is 4. The lowest BCUT2D eigenvalue weighted by Crippen LogP contribution is -2.03. The van der Waals surface area contributed by atoms with Gasteiger partial charge in [0.2, 0.25) is 11.8 Å². The smallest absolute Gasteiger partial charge is 0.247 e. The lowest BCUT2D eigenvalue weighted by atomic mass is 10.5. The molecule has 80 valence electrons. The fraction of sp³-hybridized carbons (Fsp3) is 0.375. The van der Waals surface area contributed by atoms with E-state index >= 15 is 0 Å². The molecule has 0 aliphatic rings. The van der Waals surface area contributed by atoms with Gasteiger partial charge in [0.1, 0.15) is 6.73 Å². The first-order valence-electron chi connectivity index (χ1n) is 4.48. The van der Waals surface area contributed by atoms with Crippen molar-refractivity contribution in [1.29, 1.82) is 0 Å². The molecule has 2 rings (SSSR count). The average molecular weight is 209 g/mol. The van der Waals surface area contributed by atoms with Gasteiger partial charge in [0, 0.05) is 0 Å². The van der Waals surface area contributed by atoms with Gasteiger partial charge in [-0.3, -0.25) is 4.57 Å². The van der Waals surface area contributed by atoms with Gasteiger partial charge in [-0.1, -0.05) is 0 Å². The zero-order valence-electron chi connectivity index (χ0n) is 8.21. The van der Waals surface area contributed by atoms with Gasteiger partial charge < -0.3 is 15.6 Å². The van der Waals surface area contributed by atoms with Crippen LogP contribution in [0.4, 0.5) is 5.95 Å². The van der Waals surface area contributed by atoms with E-state index in [2.05, 4.69) is 15.0 Å². The van der Waals surface area contributed by atoms with Crippen LogP contribution in [-0.4, -0.2) is 31.2 Å². The van der Waals surface area contributed by atoms with Gasteiger partial charge in [-0.2, -0.15) is 9.97 Å². The third-order valence-electron chi connectivity index (χ3n) is 1.88. The van der Waals surface area contributed by atoms with E-state index in [9.17, 15) is 0 Å². The highest BCUT2D eigenvalue weighted by Gasteiger charge is 2.12. The molecule has 0 unspecified atom stereocenters. The van der Waals surface area contributed by atoms with E-state index in [1.54, 1.807) is 0 Å². The predicted molar refractivity (Wildman–Crippen MR) is 53.1 cm³/mol. The standard InChI is InChI=1S/C8H11N5O2/c1-2-15-7-5-6(11-8(9)12-7)13(4-14)3-10-5/h3,14H,2,4H2,1H3,(H2,9,11,12). The Kier molecular flexibility index (Phi) is 2.38. The lowest BCUT2D eigenvalue weighted by Gasteiger charge is -2.03. The number of aliphatic hydroxyl groups is 1. The number of ether oxygens (including phenoxy) is 1. The molecule has 0 amide bonds. The minimum Gasteiger partial charge on any atom is -0.476 e. The second-order valence-electron chi connectivity index (χ2n) is 2.85. The van der Waals surface area contributed by atoms with Crippen molar-refractivity contribution in [3.63, 3.8) is 0 Å². The number of rotatable bonds is 3. The molecule has 2 heterocycles. The second-order valence-corrected chi connectivity index (χ2v) is 2.85. The summed E-state index contributed by atoms with van der Waals surface area (Å²) in [5, 5.41) is 9.02. The number of nitrogens with two attached hydrogens (primary N) is 1. The first kappa shape index (κ1) is 9.66. The maximum absolute atomic E-state index is 9.02. The van der Waals surface area contributed by atoms with E-state index in [-0.39, 0.29) is 12.7 Å². The van der Waals surface area contributed by atoms with Gasteiger partial charge in [0.05, 0.1) is 12.9 Å². The topological polar surface area (TPSA) is 99.1 Å². The molecule has 0 bridgehead atoms. The van der Waals surface area contributed by atoms with E-state index in [0.29, 0.717) is 23.7 Å². The number of fused-ring (bicyclic) bond motifs is 1. The van der Waals surface area contributed by atoms with E-state index in [0.717, 1.165) is 0 Å². The molecule has 0 saturated heterocycles. The highest BCUT2D eigenvalue weighted by atomic mass is 16.5. The molecule has 0 atom stereocenters. The monoisotopic (exact) mass is 209 g/mol. The van der Waals surface area contributed by atoms with Crippen LogP contribution in [0.2, 0.25) is 0 Å². The molecule has 0 spiro atoms. The molecule has 7 heteroatoms. The molecule has 7 nitrogen and oxygen atoms in total. The summed E-state index contributed by atoms with van der Waals surface area (Å²) in [7, 11) is 0. The summed E-state index contributed by atoms with van der Waals surface area (Å²) in [6, 6.07) is 0. The summed E-state index contributed by atoms with van der Waals surface area (Å²) in [4.78, 5) is 11.9. The largest absolute Gasteiger partial charge is 0.476 e. The molecule has 0 saturated carbocycles. The van der Waals surface area contributed by atoms with Crippen molar-refractivity contribution in [3.05, 3.63) is 6.33 Å². The van der Waals surface area contributed by atoms with Crippen molar-refractivity contribution < 1.29 is 9.84 Å². The molecule has 0 fully saturated rings. The Hall–Kier alpha value is -1.89. The van der Waals surface area contributed by atoms with Crippen LogP contribution >= 0.6 is 0 Å². The fourth-order valence-corrected chi connectivity index (χ4v) is 1.28. The number of imidazole rings is 1. The van der Waals surface area contributed by atoms with Crippen LogP contribution in [0.15, 0.2) is 6.33 Å². The molecule has 0 radical (unpaired) electrons. The van der Waals surface area contributed by atoms with E-state index in [4.69, 9.17) is 15.6 Å². The SMILES string of the molecule is CCOc1nc(N)nc2c1ncn2CO. The summed E-state index contributed by atoms with van der Waals surface area (Å²) in [5.74, 6) is 0.438. The quantitative estimate of drug-likeness (QED) is 0.723. The summed E-state index contributed by atoms with van der Waals surface area (Å²) in [6.07, 6.45) is 1.46. The van der Waals surface area contributed by atoms with Gasteiger partial charge in [-0.25, -0.2) is 4.98 Å². The maximum Gasteiger partial charge on any atom is 0.247 e. The van der Waals surface area contributed by atoms with Crippen molar-refractivity contribution in [2.45, 2.75) is 13.7 Å². The van der Waals surface area contributed by atoms with Crippen molar-refractivity contribution in [2.24, 2.45) is 0 Å². The molecular weight excluding hydrogens is 198 g/mol.